The summed E-state index contributed by atoms with van der Waals surface area (Å²) in [7, 11) is 0. The van der Waals surface area contributed by atoms with Crippen LogP contribution < -0.4 is 5.32 Å². The summed E-state index contributed by atoms with van der Waals surface area (Å²) in [6, 6.07) is 1.07. The van der Waals surface area contributed by atoms with Crippen LogP contribution in [-0.2, 0) is 4.79 Å². The molecule has 1 saturated heterocycles. The maximum absolute atomic E-state index is 12.3. The van der Waals surface area contributed by atoms with E-state index in [4.69, 9.17) is 0 Å². The summed E-state index contributed by atoms with van der Waals surface area (Å²) in [4.78, 5) is 14.3. The lowest BCUT2D eigenvalue weighted by Gasteiger charge is -2.33. The third-order valence-electron chi connectivity index (χ3n) is 4.36. The lowest BCUT2D eigenvalue weighted by Crippen LogP contribution is -2.45. The summed E-state index contributed by atoms with van der Waals surface area (Å²) in [5.41, 5.74) is 0. The quantitative estimate of drug-likeness (QED) is 0.759. The number of rotatable bonds is 3. The summed E-state index contributed by atoms with van der Waals surface area (Å²) in [6.45, 7) is 0.907. The zero-order chi connectivity index (χ0) is 11.8. The lowest BCUT2D eigenvalue weighted by molar-refractivity contribution is -0.132. The predicted octanol–water partition coefficient (Wildman–Crippen LogP) is 0.643. The zero-order valence-corrected chi connectivity index (χ0v) is 10.3. The molecule has 96 valence electrons. The fraction of sp³-hybridized carbons (Fsp3) is 0.923. The first-order valence-corrected chi connectivity index (χ1v) is 6.98. The Morgan fingerprint density at radius 2 is 1.76 bits per heavy atom. The van der Waals surface area contributed by atoms with Gasteiger partial charge in [-0.1, -0.05) is 0 Å². The number of aliphatic hydroxyl groups excluding tert-OH is 1. The first kappa shape index (κ1) is 11.5. The van der Waals surface area contributed by atoms with Gasteiger partial charge in [0.25, 0.3) is 0 Å². The highest BCUT2D eigenvalue weighted by Gasteiger charge is 2.39. The molecule has 1 unspecified atom stereocenters. The van der Waals surface area contributed by atoms with E-state index in [9.17, 15) is 9.90 Å². The van der Waals surface area contributed by atoms with Crippen molar-refractivity contribution in [2.45, 2.75) is 69.2 Å². The number of carbonyl (C=O) groups excluding carboxylic acids is 1. The Labute approximate surface area is 102 Å². The molecule has 17 heavy (non-hydrogen) atoms. The maximum Gasteiger partial charge on any atom is 0.240 e. The Morgan fingerprint density at radius 3 is 2.41 bits per heavy atom. The number of amides is 1. The molecule has 0 aromatic heterocycles. The van der Waals surface area contributed by atoms with Gasteiger partial charge in [-0.2, -0.15) is 0 Å². The second kappa shape index (κ2) is 4.58. The van der Waals surface area contributed by atoms with E-state index >= 15 is 0 Å². The van der Waals surface area contributed by atoms with Crippen LogP contribution in [0.4, 0.5) is 0 Å². The minimum atomic E-state index is -0.135. The average Bonchev–Trinajstić information content (AvgIpc) is 3.07. The van der Waals surface area contributed by atoms with Crippen LogP contribution >= 0.6 is 0 Å². The molecule has 3 fully saturated rings. The van der Waals surface area contributed by atoms with Crippen LogP contribution in [0.15, 0.2) is 0 Å². The van der Waals surface area contributed by atoms with Gasteiger partial charge >= 0.3 is 0 Å². The molecule has 3 aliphatic rings. The third-order valence-corrected chi connectivity index (χ3v) is 4.36. The van der Waals surface area contributed by atoms with Gasteiger partial charge in [-0.05, 0) is 44.9 Å². The van der Waals surface area contributed by atoms with Crippen molar-refractivity contribution < 1.29 is 9.90 Å². The molecule has 3 rings (SSSR count). The molecule has 1 amide bonds. The standard InChI is InChI=1S/C13H22N2O2/c16-11-5-3-10(4-6-11)15-8-7-12(13(15)17)14-9-1-2-9/h9-12,14,16H,1-8H2. The number of carbonyl (C=O) groups is 1. The van der Waals surface area contributed by atoms with Gasteiger partial charge in [0.15, 0.2) is 0 Å². The molecular formula is C13H22N2O2. The Bertz CT molecular complexity index is 296. The zero-order valence-electron chi connectivity index (χ0n) is 10.3. The molecule has 4 heteroatoms. The Balaban J connectivity index is 1.55. The molecule has 0 spiro atoms. The molecule has 1 heterocycles. The average molecular weight is 238 g/mol. The molecule has 0 bridgehead atoms. The molecule has 4 nitrogen and oxygen atoms in total. The monoisotopic (exact) mass is 238 g/mol. The molecule has 0 radical (unpaired) electrons. The van der Waals surface area contributed by atoms with E-state index in [0.717, 1.165) is 38.6 Å². The van der Waals surface area contributed by atoms with E-state index in [1.165, 1.54) is 12.8 Å². The van der Waals surface area contributed by atoms with Crippen molar-refractivity contribution in [3.8, 4) is 0 Å². The molecule has 0 aromatic rings. The molecule has 1 aliphatic heterocycles. The second-order valence-electron chi connectivity index (χ2n) is 5.78. The molecule has 1 atom stereocenters. The lowest BCUT2D eigenvalue weighted by atomic mass is 9.92. The number of likely N-dealkylation sites (tertiary alicyclic amines) is 1. The number of hydrogen-bond donors (Lipinski definition) is 2. The van der Waals surface area contributed by atoms with Crippen LogP contribution in [0.2, 0.25) is 0 Å². The van der Waals surface area contributed by atoms with Gasteiger partial charge in [0.2, 0.25) is 5.91 Å². The molecule has 2 N–H and O–H groups in total. The number of hydrogen-bond acceptors (Lipinski definition) is 3. The topological polar surface area (TPSA) is 52.6 Å². The van der Waals surface area contributed by atoms with Gasteiger partial charge in [-0.3, -0.25) is 4.79 Å². The van der Waals surface area contributed by atoms with Crippen molar-refractivity contribution in [2.75, 3.05) is 6.54 Å². The van der Waals surface area contributed by atoms with E-state index < -0.39 is 0 Å². The molecular weight excluding hydrogens is 216 g/mol. The Hall–Kier alpha value is -0.610. The van der Waals surface area contributed by atoms with Crippen LogP contribution in [0.3, 0.4) is 0 Å². The normalized spacial score (nSPS) is 38.8. The smallest absolute Gasteiger partial charge is 0.240 e. The highest BCUT2D eigenvalue weighted by molar-refractivity contribution is 5.84. The fourth-order valence-electron chi connectivity index (χ4n) is 3.12. The van der Waals surface area contributed by atoms with Crippen LogP contribution in [-0.4, -0.2) is 46.7 Å². The third kappa shape index (κ3) is 2.47. The summed E-state index contributed by atoms with van der Waals surface area (Å²) >= 11 is 0. The Morgan fingerprint density at radius 1 is 1.06 bits per heavy atom. The number of nitrogens with zero attached hydrogens (tertiary/aromatic N) is 1. The van der Waals surface area contributed by atoms with Crippen molar-refractivity contribution >= 4 is 5.91 Å². The van der Waals surface area contributed by atoms with Crippen LogP contribution in [0.5, 0.6) is 0 Å². The second-order valence-corrected chi connectivity index (χ2v) is 5.78. The summed E-state index contributed by atoms with van der Waals surface area (Å²) in [6.07, 6.45) is 6.97. The fourth-order valence-corrected chi connectivity index (χ4v) is 3.12. The number of nitrogens with one attached hydrogen (secondary N) is 1. The predicted molar refractivity (Wildman–Crippen MR) is 64.5 cm³/mol. The van der Waals surface area contributed by atoms with E-state index in [-0.39, 0.29) is 12.1 Å². The van der Waals surface area contributed by atoms with Gasteiger partial charge in [0, 0.05) is 18.6 Å². The summed E-state index contributed by atoms with van der Waals surface area (Å²) < 4.78 is 0. The van der Waals surface area contributed by atoms with Crippen molar-refractivity contribution in [1.82, 2.24) is 10.2 Å². The largest absolute Gasteiger partial charge is 0.393 e. The van der Waals surface area contributed by atoms with Gasteiger partial charge in [0.1, 0.15) is 0 Å². The van der Waals surface area contributed by atoms with Crippen molar-refractivity contribution in [3.05, 3.63) is 0 Å². The first-order chi connectivity index (χ1) is 8.24. The minimum Gasteiger partial charge on any atom is -0.393 e. The van der Waals surface area contributed by atoms with Crippen LogP contribution in [0.25, 0.3) is 0 Å². The van der Waals surface area contributed by atoms with Gasteiger partial charge in [-0.25, -0.2) is 0 Å². The molecule has 2 saturated carbocycles. The highest BCUT2D eigenvalue weighted by atomic mass is 16.3. The minimum absolute atomic E-state index is 0.0781. The van der Waals surface area contributed by atoms with E-state index in [2.05, 4.69) is 10.2 Å². The van der Waals surface area contributed by atoms with Crippen molar-refractivity contribution in [1.29, 1.82) is 0 Å². The molecule has 0 aromatic carbocycles. The van der Waals surface area contributed by atoms with E-state index in [0.29, 0.717) is 18.0 Å². The van der Waals surface area contributed by atoms with Gasteiger partial charge < -0.3 is 15.3 Å². The maximum atomic E-state index is 12.3. The number of aliphatic hydroxyl groups is 1. The summed E-state index contributed by atoms with van der Waals surface area (Å²) in [5.74, 6) is 0.304. The van der Waals surface area contributed by atoms with E-state index in [1.807, 2.05) is 0 Å². The van der Waals surface area contributed by atoms with Gasteiger partial charge in [-0.15, -0.1) is 0 Å². The first-order valence-electron chi connectivity index (χ1n) is 6.98. The van der Waals surface area contributed by atoms with Crippen LogP contribution in [0.1, 0.15) is 44.9 Å². The molecule has 2 aliphatic carbocycles. The van der Waals surface area contributed by atoms with Gasteiger partial charge in [0.05, 0.1) is 12.1 Å². The van der Waals surface area contributed by atoms with Crippen molar-refractivity contribution in [2.24, 2.45) is 0 Å². The Kier molecular flexibility index (Phi) is 3.09. The van der Waals surface area contributed by atoms with Crippen LogP contribution in [0, 0.1) is 0 Å². The summed E-state index contributed by atoms with van der Waals surface area (Å²) in [5, 5.41) is 12.9. The van der Waals surface area contributed by atoms with E-state index in [1.54, 1.807) is 0 Å². The highest BCUT2D eigenvalue weighted by Crippen LogP contribution is 2.28. The SMILES string of the molecule is O=C1C(NC2CC2)CCN1C1CCC(O)CC1. The van der Waals surface area contributed by atoms with Crippen molar-refractivity contribution in [3.63, 3.8) is 0 Å².